The lowest BCUT2D eigenvalue weighted by Crippen LogP contribution is -2.70. The molecule has 0 aromatic rings. The molecule has 0 radical (unpaired) electrons. The number of nitrogens with one attached hydrogen (secondary N) is 2. The summed E-state index contributed by atoms with van der Waals surface area (Å²) in [6, 6.07) is -3.30. The van der Waals surface area contributed by atoms with Gasteiger partial charge < -0.3 is 125 Å². The van der Waals surface area contributed by atoms with Gasteiger partial charge in [0.1, 0.15) is 116 Å². The molecule has 27 heteroatoms. The Kier molecular flexibility index (Phi) is 17.5. The summed E-state index contributed by atoms with van der Waals surface area (Å²) in [7, 11) is 0. The largest absolute Gasteiger partial charge is 0.394 e. The summed E-state index contributed by atoms with van der Waals surface area (Å²) in [5.74, 6) is -1.55. The van der Waals surface area contributed by atoms with Crippen molar-refractivity contribution in [1.82, 2.24) is 10.6 Å². The normalized spacial score (nSPS) is 49.6. The second-order valence-electron chi connectivity index (χ2n) is 15.4. The molecular formula is C34H58N2O25. The van der Waals surface area contributed by atoms with Crippen LogP contribution in [0.2, 0.25) is 0 Å². The van der Waals surface area contributed by atoms with E-state index in [1.807, 2.05) is 0 Å². The first kappa shape index (κ1) is 50.0. The van der Waals surface area contributed by atoms with E-state index in [2.05, 4.69) is 10.6 Å². The van der Waals surface area contributed by atoms with Gasteiger partial charge in [-0.3, -0.25) is 9.59 Å². The Labute approximate surface area is 346 Å². The van der Waals surface area contributed by atoms with Crippen molar-refractivity contribution in [2.75, 3.05) is 26.4 Å². The highest BCUT2D eigenvalue weighted by Crippen LogP contribution is 2.34. The first-order valence-electron chi connectivity index (χ1n) is 19.4. The number of ether oxygens (including phenoxy) is 9. The maximum Gasteiger partial charge on any atom is 0.217 e. The number of rotatable bonds is 14. The van der Waals surface area contributed by atoms with Crippen LogP contribution in [0.1, 0.15) is 20.8 Å². The molecule has 25 atom stereocenters. The summed E-state index contributed by atoms with van der Waals surface area (Å²) in [5.41, 5.74) is 0. The van der Waals surface area contributed by atoms with Crippen LogP contribution in [0.25, 0.3) is 0 Å². The van der Waals surface area contributed by atoms with E-state index in [1.54, 1.807) is 0 Å². The second-order valence-corrected chi connectivity index (χ2v) is 15.4. The maximum atomic E-state index is 12.6. The average Bonchev–Trinajstić information content (AvgIpc) is 3.21. The lowest BCUT2D eigenvalue weighted by Gasteiger charge is -2.50. The minimum Gasteiger partial charge on any atom is -0.394 e. The van der Waals surface area contributed by atoms with Gasteiger partial charge in [0.2, 0.25) is 11.8 Å². The summed E-state index contributed by atoms with van der Waals surface area (Å²) in [4.78, 5) is 24.7. The summed E-state index contributed by atoms with van der Waals surface area (Å²) in [6.07, 6.45) is -40.6. The Morgan fingerprint density at radius 3 is 1.49 bits per heavy atom. The van der Waals surface area contributed by atoms with Crippen molar-refractivity contribution < 1.29 is 124 Å². The minimum atomic E-state index is -2.00. The molecule has 5 saturated heterocycles. The van der Waals surface area contributed by atoms with Crippen LogP contribution in [0.4, 0.5) is 0 Å². The van der Waals surface area contributed by atoms with Crippen LogP contribution in [0, 0.1) is 0 Å². The molecule has 0 aromatic heterocycles. The van der Waals surface area contributed by atoms with Crippen molar-refractivity contribution in [3.05, 3.63) is 0 Å². The summed E-state index contributed by atoms with van der Waals surface area (Å²) in [5, 5.41) is 152. The van der Waals surface area contributed by atoms with Crippen molar-refractivity contribution in [2.45, 2.75) is 174 Å². The van der Waals surface area contributed by atoms with E-state index in [-0.39, 0.29) is 0 Å². The molecule has 27 nitrogen and oxygen atoms in total. The Morgan fingerprint density at radius 2 is 0.918 bits per heavy atom. The van der Waals surface area contributed by atoms with E-state index in [0.29, 0.717) is 0 Å². The fourth-order valence-corrected chi connectivity index (χ4v) is 7.66. The fraction of sp³-hybridized carbons (Fsp3) is 0.941. The van der Waals surface area contributed by atoms with Crippen molar-refractivity contribution >= 4 is 11.8 Å². The zero-order chi connectivity index (χ0) is 45.2. The van der Waals surface area contributed by atoms with Gasteiger partial charge in [0.05, 0.1) is 32.5 Å². The molecule has 0 bridgehead atoms. The molecule has 2 amide bonds. The first-order chi connectivity index (χ1) is 28.7. The summed E-state index contributed by atoms with van der Waals surface area (Å²) in [6.45, 7) is -0.0457. The lowest BCUT2D eigenvalue weighted by molar-refractivity contribution is -0.374. The molecule has 5 aliphatic heterocycles. The molecule has 5 fully saturated rings. The van der Waals surface area contributed by atoms with Gasteiger partial charge in [-0.1, -0.05) is 0 Å². The third kappa shape index (κ3) is 10.9. The first-order valence-corrected chi connectivity index (χ1v) is 19.4. The molecule has 16 N–H and O–H groups in total. The van der Waals surface area contributed by atoms with Crippen molar-refractivity contribution in [1.29, 1.82) is 0 Å². The second kappa shape index (κ2) is 21.3. The predicted octanol–water partition coefficient (Wildman–Crippen LogP) is -10.6. The number of aliphatic hydroxyl groups is 14. The van der Waals surface area contributed by atoms with Crippen LogP contribution < -0.4 is 10.6 Å². The Hall–Kier alpha value is -1.98. The topological polar surface area (TPSA) is 424 Å². The highest BCUT2D eigenvalue weighted by molar-refractivity contribution is 5.73. The minimum absolute atomic E-state index is 0.751. The van der Waals surface area contributed by atoms with E-state index < -0.39 is 192 Å². The molecule has 5 aliphatic rings. The van der Waals surface area contributed by atoms with Gasteiger partial charge >= 0.3 is 0 Å². The Balaban J connectivity index is 1.44. The van der Waals surface area contributed by atoms with E-state index in [4.69, 9.17) is 42.6 Å². The molecule has 354 valence electrons. The van der Waals surface area contributed by atoms with E-state index in [9.17, 15) is 81.1 Å². The number of carbonyl (C=O) groups excluding carboxylic acids is 2. The molecule has 0 aliphatic carbocycles. The van der Waals surface area contributed by atoms with E-state index in [1.165, 1.54) is 6.92 Å². The van der Waals surface area contributed by atoms with E-state index >= 15 is 0 Å². The van der Waals surface area contributed by atoms with Gasteiger partial charge in [-0.25, -0.2) is 0 Å². The van der Waals surface area contributed by atoms with Gasteiger partial charge in [-0.05, 0) is 6.92 Å². The van der Waals surface area contributed by atoms with Crippen LogP contribution in [-0.2, 0) is 52.2 Å². The Bertz CT molecular complexity index is 1420. The fourth-order valence-electron chi connectivity index (χ4n) is 7.66. The molecule has 0 saturated carbocycles. The molecule has 0 aromatic carbocycles. The number of carbonyl (C=O) groups is 2. The third-order valence-electron chi connectivity index (χ3n) is 11.1. The van der Waals surface area contributed by atoms with E-state index in [0.717, 1.165) is 13.8 Å². The van der Waals surface area contributed by atoms with Gasteiger partial charge in [0, 0.05) is 13.8 Å². The summed E-state index contributed by atoms with van der Waals surface area (Å²) >= 11 is 0. The molecule has 61 heavy (non-hydrogen) atoms. The zero-order valence-electron chi connectivity index (χ0n) is 33.0. The van der Waals surface area contributed by atoms with Gasteiger partial charge in [-0.15, -0.1) is 0 Å². The van der Waals surface area contributed by atoms with Crippen molar-refractivity contribution in [3.63, 3.8) is 0 Å². The Morgan fingerprint density at radius 1 is 0.459 bits per heavy atom. The van der Waals surface area contributed by atoms with Crippen molar-refractivity contribution in [2.24, 2.45) is 0 Å². The van der Waals surface area contributed by atoms with Crippen LogP contribution >= 0.6 is 0 Å². The highest BCUT2D eigenvalue weighted by Gasteiger charge is 2.56. The maximum absolute atomic E-state index is 12.6. The van der Waals surface area contributed by atoms with Gasteiger partial charge in [0.15, 0.2) is 31.5 Å². The molecule has 5 rings (SSSR count). The molecule has 0 spiro atoms. The van der Waals surface area contributed by atoms with Gasteiger partial charge in [-0.2, -0.15) is 0 Å². The van der Waals surface area contributed by atoms with Crippen LogP contribution in [-0.4, -0.2) is 263 Å². The monoisotopic (exact) mass is 894 g/mol. The zero-order valence-corrected chi connectivity index (χ0v) is 33.0. The number of amides is 2. The van der Waals surface area contributed by atoms with Crippen LogP contribution in [0.15, 0.2) is 0 Å². The number of aliphatic hydroxyl groups excluding tert-OH is 14. The van der Waals surface area contributed by atoms with Crippen LogP contribution in [0.3, 0.4) is 0 Å². The lowest BCUT2D eigenvalue weighted by atomic mass is 9.94. The molecular weight excluding hydrogens is 836 g/mol. The highest BCUT2D eigenvalue weighted by atomic mass is 16.8. The summed E-state index contributed by atoms with van der Waals surface area (Å²) < 4.78 is 51.6. The van der Waals surface area contributed by atoms with Crippen LogP contribution in [0.5, 0.6) is 0 Å². The molecule has 5 heterocycles. The smallest absolute Gasteiger partial charge is 0.217 e. The quantitative estimate of drug-likeness (QED) is 0.0770. The van der Waals surface area contributed by atoms with Gasteiger partial charge in [0.25, 0.3) is 0 Å². The predicted molar refractivity (Wildman–Crippen MR) is 188 cm³/mol. The standard InChI is InChI=1S/C34H58N2O25/c1-8-17(42)22(47)25(50)32(54-8)61-29-24(49)19(44)12(5-38)58-34(29)53-7-14-27(21(46)15(30(52)55-14)35-9(2)40)59-31-16(36-10(3)41)28(20(45)13(6-39)56-31)60-33-26(51)23(48)18(43)11(4-37)57-33/h8,11-34,37-39,42-52H,4-7H2,1-3H3,(H,35,40)(H,36,41)/t8-,11+,12+,13+,14+,15+,16+,17+,18-,19-,20+,21+,22+,23-,24-,25-,26+,27-,28+,29+,30+,31-,32-,33-,34+/m0/s1. The third-order valence-corrected chi connectivity index (χ3v) is 11.1. The van der Waals surface area contributed by atoms with Crippen molar-refractivity contribution in [3.8, 4) is 0 Å². The number of hydrogen-bond donors (Lipinski definition) is 16. The number of hydrogen-bond acceptors (Lipinski definition) is 25. The SMILES string of the molecule is CC(=O)N[C@@H]1[C@@H](O)[C@@H](O[C@@H]2O[C@H](CO)[C@@H](O)[C@H](O[C@@H]3O[C@H](CO)[C@H](O)[C@H](O)[C@H]3O)[C@H]2NC(C)=O)[C@@H](CO[C@@H]2O[C@H](CO)[C@H](O)[C@H](O)[C@H]2O[C@@H]2O[C@@H](C)[C@@H](O)[C@@H](O)[C@@H]2O)O[C@H]1O. The average molecular weight is 895 g/mol. The molecule has 0 unspecified atom stereocenters.